The molecule has 0 spiro atoms. The molecule has 2 fully saturated rings. The first-order chi connectivity index (χ1) is 9.16. The first-order valence-corrected chi connectivity index (χ1v) is 7.75. The average Bonchev–Trinajstić information content (AvgIpc) is 2.42. The number of ether oxygens (including phenoxy) is 1. The van der Waals surface area contributed by atoms with Crippen molar-refractivity contribution in [3.63, 3.8) is 0 Å². The molecule has 0 radical (unpaired) electrons. The molecule has 1 amide bonds. The van der Waals surface area contributed by atoms with Crippen LogP contribution in [0.4, 0.5) is 0 Å². The van der Waals surface area contributed by atoms with Gasteiger partial charge >= 0.3 is 0 Å². The zero-order valence-corrected chi connectivity index (χ0v) is 12.4. The summed E-state index contributed by atoms with van der Waals surface area (Å²) >= 11 is 0. The molecule has 110 valence electrons. The third-order valence-corrected chi connectivity index (χ3v) is 4.54. The van der Waals surface area contributed by atoms with Gasteiger partial charge in [-0.2, -0.15) is 0 Å². The van der Waals surface area contributed by atoms with E-state index >= 15 is 0 Å². The van der Waals surface area contributed by atoms with Gasteiger partial charge < -0.3 is 15.0 Å². The molecular formula is C15H28N2O2. The molecule has 19 heavy (non-hydrogen) atoms. The second-order valence-corrected chi connectivity index (χ2v) is 6.20. The Morgan fingerprint density at radius 3 is 2.68 bits per heavy atom. The highest BCUT2D eigenvalue weighted by atomic mass is 16.5. The van der Waals surface area contributed by atoms with Crippen molar-refractivity contribution in [3.8, 4) is 0 Å². The number of rotatable bonds is 4. The monoisotopic (exact) mass is 268 g/mol. The molecule has 1 saturated carbocycles. The molecule has 4 nitrogen and oxygen atoms in total. The van der Waals surface area contributed by atoms with Gasteiger partial charge in [-0.3, -0.25) is 4.79 Å². The van der Waals surface area contributed by atoms with E-state index < -0.39 is 0 Å². The van der Waals surface area contributed by atoms with E-state index in [1.807, 2.05) is 4.90 Å². The van der Waals surface area contributed by atoms with E-state index in [-0.39, 0.29) is 5.91 Å². The minimum Gasteiger partial charge on any atom is -0.378 e. The van der Waals surface area contributed by atoms with Gasteiger partial charge in [-0.25, -0.2) is 0 Å². The summed E-state index contributed by atoms with van der Waals surface area (Å²) in [7, 11) is 0. The van der Waals surface area contributed by atoms with Crippen LogP contribution in [-0.4, -0.2) is 49.7 Å². The normalized spacial score (nSPS) is 32.3. The molecule has 0 aromatic rings. The van der Waals surface area contributed by atoms with E-state index in [0.717, 1.165) is 31.5 Å². The number of carbonyl (C=O) groups is 1. The molecule has 0 aromatic heterocycles. The van der Waals surface area contributed by atoms with Crippen molar-refractivity contribution in [2.24, 2.45) is 11.8 Å². The average molecular weight is 268 g/mol. The number of carbonyl (C=O) groups excluding carboxylic acids is 1. The first kappa shape index (κ1) is 14.8. The third kappa shape index (κ3) is 4.46. The number of amides is 1. The van der Waals surface area contributed by atoms with Gasteiger partial charge in [0, 0.05) is 32.1 Å². The Balaban J connectivity index is 1.64. The molecule has 3 atom stereocenters. The van der Waals surface area contributed by atoms with Crippen LogP contribution in [0.1, 0.15) is 39.5 Å². The highest BCUT2D eigenvalue weighted by molar-refractivity contribution is 5.76. The lowest BCUT2D eigenvalue weighted by Crippen LogP contribution is -2.44. The SMILES string of the molecule is CC1CCC(NCCC(=O)N2CCOCC2)C(C)C1. The Labute approximate surface area is 116 Å². The molecule has 1 aliphatic heterocycles. The van der Waals surface area contributed by atoms with E-state index in [2.05, 4.69) is 19.2 Å². The van der Waals surface area contributed by atoms with Crippen molar-refractivity contribution < 1.29 is 9.53 Å². The van der Waals surface area contributed by atoms with Crippen LogP contribution in [0.15, 0.2) is 0 Å². The molecule has 2 rings (SSSR count). The lowest BCUT2D eigenvalue weighted by Gasteiger charge is -2.33. The summed E-state index contributed by atoms with van der Waals surface area (Å²) < 4.78 is 5.26. The molecule has 1 aliphatic carbocycles. The van der Waals surface area contributed by atoms with Crippen molar-refractivity contribution in [1.82, 2.24) is 10.2 Å². The van der Waals surface area contributed by atoms with Gasteiger partial charge in [0.15, 0.2) is 0 Å². The molecule has 3 unspecified atom stereocenters. The van der Waals surface area contributed by atoms with Gasteiger partial charge in [-0.1, -0.05) is 13.8 Å². The number of nitrogens with zero attached hydrogens (tertiary/aromatic N) is 1. The second-order valence-electron chi connectivity index (χ2n) is 6.20. The molecule has 0 bridgehead atoms. The predicted molar refractivity (Wildman–Crippen MR) is 76.0 cm³/mol. The molecule has 0 aromatic carbocycles. The number of hydrogen-bond donors (Lipinski definition) is 1. The molecule has 1 N–H and O–H groups in total. The van der Waals surface area contributed by atoms with Gasteiger partial charge in [0.25, 0.3) is 0 Å². The summed E-state index contributed by atoms with van der Waals surface area (Å²) in [5.41, 5.74) is 0. The Morgan fingerprint density at radius 2 is 2.00 bits per heavy atom. The predicted octanol–water partition coefficient (Wildman–Crippen LogP) is 1.65. The Morgan fingerprint density at radius 1 is 1.26 bits per heavy atom. The lowest BCUT2D eigenvalue weighted by molar-refractivity contribution is -0.135. The zero-order chi connectivity index (χ0) is 13.7. The summed E-state index contributed by atoms with van der Waals surface area (Å²) in [5.74, 6) is 1.87. The van der Waals surface area contributed by atoms with Gasteiger partial charge in [0.2, 0.25) is 5.91 Å². The van der Waals surface area contributed by atoms with Crippen LogP contribution < -0.4 is 5.32 Å². The minimum atomic E-state index is 0.271. The topological polar surface area (TPSA) is 41.6 Å². The maximum Gasteiger partial charge on any atom is 0.224 e. The van der Waals surface area contributed by atoms with Crippen LogP contribution in [0.2, 0.25) is 0 Å². The van der Waals surface area contributed by atoms with Gasteiger partial charge in [0.05, 0.1) is 13.2 Å². The summed E-state index contributed by atoms with van der Waals surface area (Å²) in [6.07, 6.45) is 4.52. The van der Waals surface area contributed by atoms with Gasteiger partial charge in [0.1, 0.15) is 0 Å². The quantitative estimate of drug-likeness (QED) is 0.843. The van der Waals surface area contributed by atoms with Crippen LogP contribution in [0.3, 0.4) is 0 Å². The van der Waals surface area contributed by atoms with Crippen molar-refractivity contribution in [1.29, 1.82) is 0 Å². The minimum absolute atomic E-state index is 0.271. The third-order valence-electron chi connectivity index (χ3n) is 4.54. The van der Waals surface area contributed by atoms with E-state index in [0.29, 0.717) is 25.7 Å². The summed E-state index contributed by atoms with van der Waals surface area (Å²) in [4.78, 5) is 13.9. The van der Waals surface area contributed by atoms with Crippen LogP contribution in [0.5, 0.6) is 0 Å². The molecule has 1 saturated heterocycles. The fourth-order valence-corrected chi connectivity index (χ4v) is 3.30. The van der Waals surface area contributed by atoms with Crippen molar-refractivity contribution in [2.45, 2.75) is 45.6 Å². The molecule has 2 aliphatic rings. The lowest BCUT2D eigenvalue weighted by atomic mass is 9.80. The van der Waals surface area contributed by atoms with Crippen LogP contribution in [-0.2, 0) is 9.53 Å². The fraction of sp³-hybridized carbons (Fsp3) is 0.933. The Kier molecular flexibility index (Phi) is 5.64. The Hall–Kier alpha value is -0.610. The highest BCUT2D eigenvalue weighted by Gasteiger charge is 2.25. The molecule has 1 heterocycles. The molecule has 4 heteroatoms. The van der Waals surface area contributed by atoms with E-state index in [9.17, 15) is 4.79 Å². The van der Waals surface area contributed by atoms with E-state index in [1.54, 1.807) is 0 Å². The number of nitrogens with one attached hydrogen (secondary N) is 1. The smallest absolute Gasteiger partial charge is 0.224 e. The van der Waals surface area contributed by atoms with E-state index in [1.165, 1.54) is 19.3 Å². The fourth-order valence-electron chi connectivity index (χ4n) is 3.30. The summed E-state index contributed by atoms with van der Waals surface area (Å²) in [6, 6.07) is 0.605. The largest absolute Gasteiger partial charge is 0.378 e. The Bertz CT molecular complexity index is 290. The van der Waals surface area contributed by atoms with E-state index in [4.69, 9.17) is 4.74 Å². The van der Waals surface area contributed by atoms with Crippen molar-refractivity contribution >= 4 is 5.91 Å². The standard InChI is InChI=1S/C15H28N2O2/c1-12-3-4-14(13(2)11-12)16-6-5-15(18)17-7-9-19-10-8-17/h12-14,16H,3-11H2,1-2H3. The molecular weight excluding hydrogens is 240 g/mol. The van der Waals surface area contributed by atoms with Crippen molar-refractivity contribution in [3.05, 3.63) is 0 Å². The first-order valence-electron chi connectivity index (χ1n) is 7.75. The summed E-state index contributed by atoms with van der Waals surface area (Å²) in [5, 5.41) is 3.58. The second kappa shape index (κ2) is 7.25. The maximum absolute atomic E-state index is 12.0. The maximum atomic E-state index is 12.0. The van der Waals surface area contributed by atoms with Crippen LogP contribution in [0, 0.1) is 11.8 Å². The van der Waals surface area contributed by atoms with Crippen molar-refractivity contribution in [2.75, 3.05) is 32.8 Å². The zero-order valence-electron chi connectivity index (χ0n) is 12.4. The number of morpholine rings is 1. The van der Waals surface area contributed by atoms with Crippen LogP contribution >= 0.6 is 0 Å². The van der Waals surface area contributed by atoms with Gasteiger partial charge in [-0.15, -0.1) is 0 Å². The summed E-state index contributed by atoms with van der Waals surface area (Å²) in [6.45, 7) is 8.39. The van der Waals surface area contributed by atoms with Crippen LogP contribution in [0.25, 0.3) is 0 Å². The van der Waals surface area contributed by atoms with Gasteiger partial charge in [-0.05, 0) is 31.1 Å². The highest BCUT2D eigenvalue weighted by Crippen LogP contribution is 2.28. The number of hydrogen-bond acceptors (Lipinski definition) is 3.